The van der Waals surface area contributed by atoms with E-state index in [-0.39, 0.29) is 13.0 Å². The van der Waals surface area contributed by atoms with E-state index in [1.165, 1.54) is 20.1 Å². The predicted molar refractivity (Wildman–Crippen MR) is 64.2 cm³/mol. The summed E-state index contributed by atoms with van der Waals surface area (Å²) in [4.78, 5) is 22.2. The maximum Gasteiger partial charge on any atom is 0.313 e. The number of methoxy groups -OCH3 is 1. The lowest BCUT2D eigenvalue weighted by Gasteiger charge is -2.40. The van der Waals surface area contributed by atoms with Gasteiger partial charge in [-0.2, -0.15) is 0 Å². The van der Waals surface area contributed by atoms with Crippen molar-refractivity contribution in [2.75, 3.05) is 13.7 Å². The number of hydrogen-bond acceptors (Lipinski definition) is 3. The molecule has 0 fully saturated rings. The lowest BCUT2D eigenvalue weighted by Crippen LogP contribution is -2.50. The summed E-state index contributed by atoms with van der Waals surface area (Å²) in [6.07, 6.45) is 3.10. The molecule has 1 aliphatic carbocycles. The highest BCUT2D eigenvalue weighted by atomic mass is 79.9. The van der Waals surface area contributed by atoms with Crippen molar-refractivity contribution in [3.05, 3.63) is 12.2 Å². The van der Waals surface area contributed by atoms with E-state index in [2.05, 4.69) is 15.9 Å². The van der Waals surface area contributed by atoms with Crippen molar-refractivity contribution >= 4 is 27.9 Å². The molecule has 0 heterocycles. The molecule has 5 nitrogen and oxygen atoms in total. The normalized spacial score (nSPS) is 36.8. The van der Waals surface area contributed by atoms with Crippen LogP contribution < -0.4 is 0 Å². The number of aliphatic carboxylic acids is 2. The maximum absolute atomic E-state index is 11.5. The second-order valence-electron chi connectivity index (χ2n) is 4.55. The van der Waals surface area contributed by atoms with Crippen LogP contribution in [0.5, 0.6) is 0 Å². The predicted octanol–water partition coefficient (Wildman–Crippen LogP) is 1.52. The molecule has 6 heteroatoms. The summed E-state index contributed by atoms with van der Waals surface area (Å²) in [5.74, 6) is -2.09. The molecule has 0 aromatic heterocycles. The molecule has 0 amide bonds. The molecule has 17 heavy (non-hydrogen) atoms. The van der Waals surface area contributed by atoms with Gasteiger partial charge in [0.05, 0.1) is 16.8 Å². The molecule has 0 bridgehead atoms. The van der Waals surface area contributed by atoms with E-state index in [1.54, 1.807) is 6.08 Å². The number of carboxylic acids is 2. The van der Waals surface area contributed by atoms with Gasteiger partial charge in [0.15, 0.2) is 0 Å². The second-order valence-corrected chi connectivity index (χ2v) is 5.54. The van der Waals surface area contributed by atoms with Gasteiger partial charge >= 0.3 is 11.9 Å². The molecule has 0 radical (unpaired) electrons. The molecule has 3 atom stereocenters. The van der Waals surface area contributed by atoms with Crippen LogP contribution in [0.3, 0.4) is 0 Å². The Balaban J connectivity index is 3.19. The number of hydrogen-bond donors (Lipinski definition) is 2. The lowest BCUT2D eigenvalue weighted by molar-refractivity contribution is -0.158. The zero-order chi connectivity index (χ0) is 13.3. The molecule has 2 N–H and O–H groups in total. The molecular weight excluding hydrogens is 292 g/mol. The fraction of sp³-hybridized carbons (Fsp3) is 0.636. The molecule has 0 aromatic rings. The minimum Gasteiger partial charge on any atom is -0.481 e. The average molecular weight is 307 g/mol. The highest BCUT2D eigenvalue weighted by molar-refractivity contribution is 9.09. The van der Waals surface area contributed by atoms with Gasteiger partial charge in [-0.25, -0.2) is 0 Å². The van der Waals surface area contributed by atoms with Crippen molar-refractivity contribution in [2.45, 2.75) is 18.2 Å². The fourth-order valence-electron chi connectivity index (χ4n) is 2.08. The lowest BCUT2D eigenvalue weighted by atomic mass is 9.66. The highest BCUT2D eigenvalue weighted by Crippen LogP contribution is 2.46. The van der Waals surface area contributed by atoms with Gasteiger partial charge in [-0.15, -0.1) is 0 Å². The van der Waals surface area contributed by atoms with Gasteiger partial charge in [0.25, 0.3) is 0 Å². The van der Waals surface area contributed by atoms with E-state index in [0.717, 1.165) is 0 Å². The largest absolute Gasteiger partial charge is 0.481 e. The minimum atomic E-state index is -1.25. The summed E-state index contributed by atoms with van der Waals surface area (Å²) < 4.78 is 4.95. The first-order valence-corrected chi connectivity index (χ1v) is 5.99. The van der Waals surface area contributed by atoms with E-state index in [1.807, 2.05) is 0 Å². The van der Waals surface area contributed by atoms with E-state index in [0.29, 0.717) is 0 Å². The Labute approximate surface area is 108 Å². The number of ether oxygens (including phenoxy) is 1. The molecule has 0 spiro atoms. The van der Waals surface area contributed by atoms with Crippen molar-refractivity contribution in [1.82, 2.24) is 0 Å². The summed E-state index contributed by atoms with van der Waals surface area (Å²) in [6, 6.07) is 0. The molecule has 0 aliphatic heterocycles. The van der Waals surface area contributed by atoms with Crippen LogP contribution in [-0.4, -0.2) is 40.7 Å². The molecule has 0 saturated heterocycles. The third-order valence-electron chi connectivity index (χ3n) is 3.16. The Bertz CT molecular complexity index is 367. The summed E-state index contributed by atoms with van der Waals surface area (Å²) >= 11 is 3.27. The van der Waals surface area contributed by atoms with E-state index in [9.17, 15) is 14.7 Å². The van der Waals surface area contributed by atoms with Crippen molar-refractivity contribution in [3.63, 3.8) is 0 Å². The molecular formula is C11H15BrO5. The Kier molecular flexibility index (Phi) is 3.99. The summed E-state index contributed by atoms with van der Waals surface area (Å²) in [5, 5.41) is 18.5. The SMILES string of the molecule is COCC1(C(=O)O)CC(C)(C(=O)O)C=CC1Br. The summed E-state index contributed by atoms with van der Waals surface area (Å²) in [6.45, 7) is 1.48. The number of alkyl halides is 1. The van der Waals surface area contributed by atoms with Gasteiger partial charge in [0.2, 0.25) is 0 Å². The second kappa shape index (κ2) is 4.78. The van der Waals surface area contributed by atoms with Crippen molar-refractivity contribution < 1.29 is 24.5 Å². The first kappa shape index (κ1) is 14.2. The van der Waals surface area contributed by atoms with E-state index in [4.69, 9.17) is 9.84 Å². The van der Waals surface area contributed by atoms with Crippen LogP contribution >= 0.6 is 15.9 Å². The molecule has 1 aliphatic rings. The van der Waals surface area contributed by atoms with Crippen molar-refractivity contribution in [1.29, 1.82) is 0 Å². The molecule has 96 valence electrons. The smallest absolute Gasteiger partial charge is 0.313 e. The number of carboxylic acid groups (broad SMARTS) is 2. The van der Waals surface area contributed by atoms with Gasteiger partial charge in [0.1, 0.15) is 5.41 Å². The number of rotatable bonds is 4. The third kappa shape index (κ3) is 2.37. The number of carbonyl (C=O) groups is 2. The van der Waals surface area contributed by atoms with Crippen molar-refractivity contribution in [3.8, 4) is 0 Å². The van der Waals surface area contributed by atoms with Gasteiger partial charge < -0.3 is 14.9 Å². The Morgan fingerprint density at radius 3 is 2.47 bits per heavy atom. The van der Waals surface area contributed by atoms with Crippen LogP contribution in [0, 0.1) is 10.8 Å². The third-order valence-corrected chi connectivity index (χ3v) is 4.34. The van der Waals surface area contributed by atoms with Gasteiger partial charge in [0, 0.05) is 7.11 Å². The van der Waals surface area contributed by atoms with Crippen LogP contribution in [0.4, 0.5) is 0 Å². The zero-order valence-corrected chi connectivity index (χ0v) is 11.2. The number of allylic oxidation sites excluding steroid dienone is 1. The average Bonchev–Trinajstić information content (AvgIpc) is 2.23. The standard InChI is InChI=1S/C11H15BrO5/c1-10(8(13)14)4-3-7(12)11(5-10,6-17-2)9(15)16/h3-4,7H,5-6H2,1-2H3,(H,13,14)(H,15,16). The topological polar surface area (TPSA) is 83.8 Å². The quantitative estimate of drug-likeness (QED) is 0.608. The van der Waals surface area contributed by atoms with Crippen LogP contribution in [0.1, 0.15) is 13.3 Å². The minimum absolute atomic E-state index is 0.00900. The molecule has 3 unspecified atom stereocenters. The Morgan fingerprint density at radius 1 is 1.47 bits per heavy atom. The van der Waals surface area contributed by atoms with E-state index >= 15 is 0 Å². The first-order chi connectivity index (χ1) is 7.78. The van der Waals surface area contributed by atoms with Crippen LogP contribution in [0.15, 0.2) is 12.2 Å². The highest BCUT2D eigenvalue weighted by Gasteiger charge is 2.53. The van der Waals surface area contributed by atoms with Crippen molar-refractivity contribution in [2.24, 2.45) is 10.8 Å². The Morgan fingerprint density at radius 2 is 2.06 bits per heavy atom. The van der Waals surface area contributed by atoms with Crippen LogP contribution in [0.25, 0.3) is 0 Å². The van der Waals surface area contributed by atoms with E-state index < -0.39 is 27.6 Å². The summed E-state index contributed by atoms with van der Waals surface area (Å²) in [7, 11) is 1.40. The van der Waals surface area contributed by atoms with Gasteiger partial charge in [-0.3, -0.25) is 9.59 Å². The fourth-order valence-corrected chi connectivity index (χ4v) is 2.73. The maximum atomic E-state index is 11.5. The summed E-state index contributed by atoms with van der Waals surface area (Å²) in [5.41, 5.74) is -2.43. The van der Waals surface area contributed by atoms with Gasteiger partial charge in [-0.05, 0) is 13.3 Å². The molecule has 1 rings (SSSR count). The zero-order valence-electron chi connectivity index (χ0n) is 9.64. The Hall–Kier alpha value is -0.880. The van der Waals surface area contributed by atoms with Gasteiger partial charge in [-0.1, -0.05) is 28.1 Å². The first-order valence-electron chi connectivity index (χ1n) is 5.08. The van der Waals surface area contributed by atoms with Crippen LogP contribution in [-0.2, 0) is 14.3 Å². The molecule has 0 aromatic carbocycles. The molecule has 0 saturated carbocycles. The monoisotopic (exact) mass is 306 g/mol. The van der Waals surface area contributed by atoms with Crippen LogP contribution in [0.2, 0.25) is 0 Å². The number of halogens is 1.